The van der Waals surface area contributed by atoms with E-state index >= 15 is 0 Å². The van der Waals surface area contributed by atoms with Crippen molar-refractivity contribution in [3.63, 3.8) is 0 Å². The van der Waals surface area contributed by atoms with Gasteiger partial charge in [-0.05, 0) is 25.5 Å². The number of nitrogens with one attached hydrogen (secondary N) is 2. The predicted molar refractivity (Wildman–Crippen MR) is 77.6 cm³/mol. The number of hydrogen-bond acceptors (Lipinski definition) is 3. The molecule has 0 unspecified atom stereocenters. The van der Waals surface area contributed by atoms with Crippen LogP contribution in [0.3, 0.4) is 0 Å². The average molecular weight is 278 g/mol. The van der Waals surface area contributed by atoms with Crippen LogP contribution in [0.5, 0.6) is 0 Å². The van der Waals surface area contributed by atoms with Gasteiger partial charge in [0.05, 0.1) is 0 Å². The van der Waals surface area contributed by atoms with Gasteiger partial charge < -0.3 is 15.4 Å². The summed E-state index contributed by atoms with van der Waals surface area (Å²) in [5.41, 5.74) is 1.65. The molecule has 1 aromatic rings. The minimum atomic E-state index is -0.152. The molecule has 0 heterocycles. The van der Waals surface area contributed by atoms with Crippen molar-refractivity contribution in [2.75, 3.05) is 26.8 Å². The molecule has 5 heteroatoms. The van der Waals surface area contributed by atoms with Crippen LogP contribution >= 0.6 is 0 Å². The molecular formula is C15H22N2O3. The zero-order chi connectivity index (χ0) is 14.8. The van der Waals surface area contributed by atoms with Crippen molar-refractivity contribution in [3.05, 3.63) is 35.4 Å². The third kappa shape index (κ3) is 6.33. The third-order valence-corrected chi connectivity index (χ3v) is 2.77. The minimum Gasteiger partial charge on any atom is -0.385 e. The fourth-order valence-corrected chi connectivity index (χ4v) is 1.71. The van der Waals surface area contributed by atoms with Crippen LogP contribution in [0.25, 0.3) is 0 Å². The molecule has 0 aromatic heterocycles. The fourth-order valence-electron chi connectivity index (χ4n) is 1.71. The molecule has 0 radical (unpaired) electrons. The van der Waals surface area contributed by atoms with Gasteiger partial charge in [0.25, 0.3) is 5.91 Å². The van der Waals surface area contributed by atoms with Gasteiger partial charge in [-0.1, -0.05) is 17.7 Å². The largest absolute Gasteiger partial charge is 0.385 e. The second kappa shape index (κ2) is 9.09. The van der Waals surface area contributed by atoms with Crippen molar-refractivity contribution in [1.29, 1.82) is 0 Å². The Bertz CT molecular complexity index is 446. The van der Waals surface area contributed by atoms with Gasteiger partial charge in [-0.15, -0.1) is 0 Å². The Morgan fingerprint density at radius 1 is 1.20 bits per heavy atom. The molecule has 1 rings (SSSR count). The van der Waals surface area contributed by atoms with Crippen LogP contribution in [0.2, 0.25) is 0 Å². The SMILES string of the molecule is COCCCNC(=O)CCNC(=O)c1cccc(C)c1. The highest BCUT2D eigenvalue weighted by Gasteiger charge is 2.06. The molecule has 0 saturated heterocycles. The van der Waals surface area contributed by atoms with Gasteiger partial charge >= 0.3 is 0 Å². The lowest BCUT2D eigenvalue weighted by Gasteiger charge is -2.07. The van der Waals surface area contributed by atoms with Crippen LogP contribution in [-0.2, 0) is 9.53 Å². The second-order valence-corrected chi connectivity index (χ2v) is 4.57. The first-order valence-corrected chi connectivity index (χ1v) is 6.74. The molecule has 0 aliphatic heterocycles. The Morgan fingerprint density at radius 3 is 2.70 bits per heavy atom. The fraction of sp³-hybridized carbons (Fsp3) is 0.467. The first-order valence-electron chi connectivity index (χ1n) is 6.74. The van der Waals surface area contributed by atoms with Gasteiger partial charge in [-0.25, -0.2) is 0 Å². The summed E-state index contributed by atoms with van der Waals surface area (Å²) in [4.78, 5) is 23.3. The number of rotatable bonds is 8. The Kier molecular flexibility index (Phi) is 7.35. The zero-order valence-corrected chi connectivity index (χ0v) is 12.1. The molecule has 0 aliphatic rings. The molecule has 0 atom stereocenters. The number of carbonyl (C=O) groups excluding carboxylic acids is 2. The Hall–Kier alpha value is -1.88. The Labute approximate surface area is 119 Å². The number of ether oxygens (including phenoxy) is 1. The summed E-state index contributed by atoms with van der Waals surface area (Å²) >= 11 is 0. The summed E-state index contributed by atoms with van der Waals surface area (Å²) in [5, 5.41) is 5.50. The lowest BCUT2D eigenvalue weighted by atomic mass is 10.1. The van der Waals surface area contributed by atoms with E-state index in [-0.39, 0.29) is 18.2 Å². The van der Waals surface area contributed by atoms with Crippen LogP contribution in [-0.4, -0.2) is 38.6 Å². The standard InChI is InChI=1S/C15H22N2O3/c1-12-5-3-6-13(11-12)15(19)17-9-7-14(18)16-8-4-10-20-2/h3,5-6,11H,4,7-10H2,1-2H3,(H,16,18)(H,17,19). The van der Waals surface area contributed by atoms with Crippen LogP contribution in [0.15, 0.2) is 24.3 Å². The van der Waals surface area contributed by atoms with Crippen molar-refractivity contribution in [3.8, 4) is 0 Å². The Balaban J connectivity index is 2.20. The van der Waals surface area contributed by atoms with Gasteiger partial charge in [0.1, 0.15) is 0 Å². The quantitative estimate of drug-likeness (QED) is 0.704. The van der Waals surface area contributed by atoms with Crippen molar-refractivity contribution in [2.45, 2.75) is 19.8 Å². The maximum atomic E-state index is 11.8. The molecule has 0 saturated carbocycles. The average Bonchev–Trinajstić information content (AvgIpc) is 2.43. The van der Waals surface area contributed by atoms with Crippen LogP contribution in [0, 0.1) is 6.92 Å². The summed E-state index contributed by atoms with van der Waals surface area (Å²) in [6.45, 7) is 3.50. The second-order valence-electron chi connectivity index (χ2n) is 4.57. The minimum absolute atomic E-state index is 0.0642. The van der Waals surface area contributed by atoms with E-state index in [1.54, 1.807) is 13.2 Å². The maximum Gasteiger partial charge on any atom is 0.251 e. The number of amides is 2. The van der Waals surface area contributed by atoms with Crippen LogP contribution < -0.4 is 10.6 Å². The van der Waals surface area contributed by atoms with E-state index in [4.69, 9.17) is 4.74 Å². The number of aryl methyl sites for hydroxylation is 1. The van der Waals surface area contributed by atoms with E-state index < -0.39 is 0 Å². The summed E-state index contributed by atoms with van der Waals surface area (Å²) < 4.78 is 4.89. The molecule has 2 amide bonds. The highest BCUT2D eigenvalue weighted by Crippen LogP contribution is 2.03. The monoisotopic (exact) mass is 278 g/mol. The van der Waals surface area contributed by atoms with Crippen molar-refractivity contribution >= 4 is 11.8 Å². The van der Waals surface area contributed by atoms with Gasteiger partial charge in [-0.2, -0.15) is 0 Å². The molecule has 0 bridgehead atoms. The molecule has 0 spiro atoms. The van der Waals surface area contributed by atoms with E-state index in [1.165, 1.54) is 0 Å². The van der Waals surface area contributed by atoms with Crippen molar-refractivity contribution in [1.82, 2.24) is 10.6 Å². The van der Waals surface area contributed by atoms with E-state index in [0.29, 0.717) is 25.3 Å². The topological polar surface area (TPSA) is 67.4 Å². The number of carbonyl (C=O) groups is 2. The molecule has 1 aromatic carbocycles. The van der Waals surface area contributed by atoms with E-state index in [9.17, 15) is 9.59 Å². The molecule has 5 nitrogen and oxygen atoms in total. The summed E-state index contributed by atoms with van der Waals surface area (Å²) in [6.07, 6.45) is 1.07. The molecule has 0 fully saturated rings. The first-order chi connectivity index (χ1) is 9.63. The number of hydrogen-bond donors (Lipinski definition) is 2. The summed E-state index contributed by atoms with van der Waals surface area (Å²) in [6, 6.07) is 7.35. The zero-order valence-electron chi connectivity index (χ0n) is 12.1. The van der Waals surface area contributed by atoms with Crippen LogP contribution in [0.1, 0.15) is 28.8 Å². The predicted octanol–water partition coefficient (Wildman–Crippen LogP) is 1.27. The lowest BCUT2D eigenvalue weighted by molar-refractivity contribution is -0.120. The highest BCUT2D eigenvalue weighted by atomic mass is 16.5. The van der Waals surface area contributed by atoms with Gasteiger partial charge in [0, 0.05) is 38.8 Å². The normalized spacial score (nSPS) is 10.1. The molecule has 0 aliphatic carbocycles. The van der Waals surface area contributed by atoms with E-state index in [1.807, 2.05) is 25.1 Å². The van der Waals surface area contributed by atoms with Gasteiger partial charge in [0.2, 0.25) is 5.91 Å². The smallest absolute Gasteiger partial charge is 0.251 e. The number of methoxy groups -OCH3 is 1. The summed E-state index contributed by atoms with van der Waals surface area (Å²) in [7, 11) is 1.63. The van der Waals surface area contributed by atoms with Crippen molar-refractivity contribution < 1.29 is 14.3 Å². The number of benzene rings is 1. The van der Waals surface area contributed by atoms with E-state index in [0.717, 1.165) is 12.0 Å². The first kappa shape index (κ1) is 16.2. The van der Waals surface area contributed by atoms with Crippen LogP contribution in [0.4, 0.5) is 0 Å². The summed E-state index contributed by atoms with van der Waals surface area (Å²) in [5.74, 6) is -0.216. The van der Waals surface area contributed by atoms with Gasteiger partial charge in [0.15, 0.2) is 0 Å². The highest BCUT2D eigenvalue weighted by molar-refractivity contribution is 5.94. The van der Waals surface area contributed by atoms with Gasteiger partial charge in [-0.3, -0.25) is 9.59 Å². The third-order valence-electron chi connectivity index (χ3n) is 2.77. The maximum absolute atomic E-state index is 11.8. The molecule has 2 N–H and O–H groups in total. The van der Waals surface area contributed by atoms with Crippen molar-refractivity contribution in [2.24, 2.45) is 0 Å². The Morgan fingerprint density at radius 2 is 2.00 bits per heavy atom. The molecular weight excluding hydrogens is 256 g/mol. The van der Waals surface area contributed by atoms with E-state index in [2.05, 4.69) is 10.6 Å². The lowest BCUT2D eigenvalue weighted by Crippen LogP contribution is -2.31. The molecule has 110 valence electrons. The molecule has 20 heavy (non-hydrogen) atoms.